The number of nitrogens with zero attached hydrogens (tertiary/aromatic N) is 3. The molecule has 1 saturated heterocycles. The summed E-state index contributed by atoms with van der Waals surface area (Å²) in [4.78, 5) is 22.0. The maximum atomic E-state index is 12.7. The van der Waals surface area contributed by atoms with Gasteiger partial charge in [-0.3, -0.25) is 9.69 Å². The van der Waals surface area contributed by atoms with Gasteiger partial charge in [0.25, 0.3) is 5.91 Å². The maximum absolute atomic E-state index is 12.7. The van der Waals surface area contributed by atoms with Gasteiger partial charge in [0.1, 0.15) is 17.3 Å². The molecular weight excluding hydrogens is 416 g/mol. The fourth-order valence-corrected chi connectivity index (χ4v) is 3.99. The minimum absolute atomic E-state index is 0.244. The van der Waals surface area contributed by atoms with E-state index in [1.165, 1.54) is 11.1 Å². The summed E-state index contributed by atoms with van der Waals surface area (Å²) in [7, 11) is 3.11. The van der Waals surface area contributed by atoms with Crippen molar-refractivity contribution in [2.45, 2.75) is 13.5 Å². The number of piperazine rings is 1. The summed E-state index contributed by atoms with van der Waals surface area (Å²) in [5, 5.41) is 2.89. The van der Waals surface area contributed by atoms with Crippen molar-refractivity contribution in [3.63, 3.8) is 0 Å². The van der Waals surface area contributed by atoms with Crippen molar-refractivity contribution in [3.05, 3.63) is 77.5 Å². The molecule has 0 saturated carbocycles. The van der Waals surface area contributed by atoms with Crippen molar-refractivity contribution in [2.75, 3.05) is 50.6 Å². The van der Waals surface area contributed by atoms with Crippen LogP contribution in [0, 0.1) is 6.92 Å². The molecule has 33 heavy (non-hydrogen) atoms. The first kappa shape index (κ1) is 22.6. The average Bonchev–Trinajstić information content (AvgIpc) is 2.84. The molecule has 7 heteroatoms. The molecule has 0 spiro atoms. The summed E-state index contributed by atoms with van der Waals surface area (Å²) in [6.07, 6.45) is 1.70. The van der Waals surface area contributed by atoms with Crippen molar-refractivity contribution in [3.8, 4) is 11.5 Å². The second-order valence-corrected chi connectivity index (χ2v) is 8.21. The van der Waals surface area contributed by atoms with Crippen LogP contribution in [0.25, 0.3) is 0 Å². The number of methoxy groups -OCH3 is 2. The van der Waals surface area contributed by atoms with Crippen LogP contribution in [0.3, 0.4) is 0 Å². The number of rotatable bonds is 7. The summed E-state index contributed by atoms with van der Waals surface area (Å²) in [5.74, 6) is 1.81. The molecular formula is C26H30N4O3. The van der Waals surface area contributed by atoms with Crippen LogP contribution in [0.15, 0.2) is 60.8 Å². The van der Waals surface area contributed by atoms with Crippen molar-refractivity contribution in [1.29, 1.82) is 0 Å². The van der Waals surface area contributed by atoms with Crippen LogP contribution in [0.2, 0.25) is 0 Å². The second-order valence-electron chi connectivity index (χ2n) is 8.21. The molecule has 7 nitrogen and oxygen atoms in total. The quantitative estimate of drug-likeness (QED) is 0.592. The number of ether oxygens (including phenoxy) is 2. The van der Waals surface area contributed by atoms with Crippen LogP contribution >= 0.6 is 0 Å². The van der Waals surface area contributed by atoms with Gasteiger partial charge in [0, 0.05) is 44.4 Å². The molecule has 1 N–H and O–H groups in total. The Morgan fingerprint density at radius 3 is 2.30 bits per heavy atom. The lowest BCUT2D eigenvalue weighted by molar-refractivity contribution is 0.102. The van der Waals surface area contributed by atoms with Gasteiger partial charge < -0.3 is 19.7 Å². The zero-order valence-corrected chi connectivity index (χ0v) is 19.4. The smallest absolute Gasteiger partial charge is 0.255 e. The molecule has 2 aromatic carbocycles. The molecule has 0 atom stereocenters. The Morgan fingerprint density at radius 1 is 0.970 bits per heavy atom. The zero-order chi connectivity index (χ0) is 23.2. The lowest BCUT2D eigenvalue weighted by Crippen LogP contribution is -2.46. The van der Waals surface area contributed by atoms with E-state index in [-0.39, 0.29) is 5.91 Å². The highest BCUT2D eigenvalue weighted by molar-refractivity contribution is 6.04. The predicted molar refractivity (Wildman–Crippen MR) is 130 cm³/mol. The second kappa shape index (κ2) is 10.4. The molecule has 0 unspecified atom stereocenters. The number of carbonyl (C=O) groups is 1. The van der Waals surface area contributed by atoms with E-state index in [0.717, 1.165) is 38.5 Å². The summed E-state index contributed by atoms with van der Waals surface area (Å²) >= 11 is 0. The Bertz CT molecular complexity index is 1070. The van der Waals surface area contributed by atoms with E-state index < -0.39 is 0 Å². The molecule has 1 aliphatic rings. The van der Waals surface area contributed by atoms with Crippen LogP contribution in [-0.4, -0.2) is 56.2 Å². The Balaban J connectivity index is 1.33. The van der Waals surface area contributed by atoms with Crippen molar-refractivity contribution in [1.82, 2.24) is 9.88 Å². The molecule has 3 aromatic rings. The van der Waals surface area contributed by atoms with Gasteiger partial charge in [0.05, 0.1) is 26.1 Å². The summed E-state index contributed by atoms with van der Waals surface area (Å²) in [5.41, 5.74) is 3.76. The number of hydrogen-bond acceptors (Lipinski definition) is 6. The predicted octanol–water partition coefficient (Wildman–Crippen LogP) is 3.98. The largest absolute Gasteiger partial charge is 0.497 e. The molecule has 0 bridgehead atoms. The van der Waals surface area contributed by atoms with E-state index in [1.54, 1.807) is 38.6 Å². The van der Waals surface area contributed by atoms with Gasteiger partial charge in [-0.15, -0.1) is 0 Å². The number of aryl methyl sites for hydroxylation is 1. The van der Waals surface area contributed by atoms with Gasteiger partial charge in [-0.25, -0.2) is 4.98 Å². The Labute approximate surface area is 195 Å². The van der Waals surface area contributed by atoms with E-state index in [4.69, 9.17) is 9.47 Å². The van der Waals surface area contributed by atoms with Crippen molar-refractivity contribution >= 4 is 17.4 Å². The molecule has 172 valence electrons. The number of nitrogens with one attached hydrogen (secondary N) is 1. The molecule has 1 fully saturated rings. The van der Waals surface area contributed by atoms with Crippen LogP contribution in [-0.2, 0) is 6.54 Å². The SMILES string of the molecule is COc1cc(OC)cc(C(=O)Nc2ccc(N3CCN(Cc4cccc(C)c4)CC3)nc2)c1. The number of aromatic nitrogens is 1. The summed E-state index contributed by atoms with van der Waals surface area (Å²) in [6.45, 7) is 6.94. The van der Waals surface area contributed by atoms with E-state index in [1.807, 2.05) is 12.1 Å². The third kappa shape index (κ3) is 5.81. The normalized spacial score (nSPS) is 14.1. The number of pyridine rings is 1. The number of hydrogen-bond donors (Lipinski definition) is 1. The molecule has 1 amide bonds. The molecule has 0 radical (unpaired) electrons. The summed E-state index contributed by atoms with van der Waals surface area (Å²) < 4.78 is 10.5. The minimum atomic E-state index is -0.244. The molecule has 1 aromatic heterocycles. The van der Waals surface area contributed by atoms with Crippen molar-refractivity contribution in [2.24, 2.45) is 0 Å². The van der Waals surface area contributed by atoms with Crippen molar-refractivity contribution < 1.29 is 14.3 Å². The van der Waals surface area contributed by atoms with Gasteiger partial charge in [0.15, 0.2) is 0 Å². The number of benzene rings is 2. The van der Waals surface area contributed by atoms with E-state index in [9.17, 15) is 4.79 Å². The Kier molecular flexibility index (Phi) is 7.10. The minimum Gasteiger partial charge on any atom is -0.497 e. The first-order valence-electron chi connectivity index (χ1n) is 11.1. The number of anilines is 2. The lowest BCUT2D eigenvalue weighted by Gasteiger charge is -2.35. The number of amides is 1. The fourth-order valence-electron chi connectivity index (χ4n) is 3.99. The third-order valence-electron chi connectivity index (χ3n) is 5.80. The van der Waals surface area contributed by atoms with Crippen LogP contribution in [0.5, 0.6) is 11.5 Å². The van der Waals surface area contributed by atoms with Gasteiger partial charge in [-0.05, 0) is 36.8 Å². The highest BCUT2D eigenvalue weighted by Crippen LogP contribution is 2.24. The van der Waals surface area contributed by atoms with Gasteiger partial charge in [-0.2, -0.15) is 0 Å². The van der Waals surface area contributed by atoms with E-state index >= 15 is 0 Å². The number of carbonyl (C=O) groups excluding carboxylic acids is 1. The fraction of sp³-hybridized carbons (Fsp3) is 0.308. The van der Waals surface area contributed by atoms with Gasteiger partial charge in [0.2, 0.25) is 0 Å². The Hall–Kier alpha value is -3.58. The van der Waals surface area contributed by atoms with E-state index in [0.29, 0.717) is 22.7 Å². The lowest BCUT2D eigenvalue weighted by atomic mass is 10.1. The highest BCUT2D eigenvalue weighted by atomic mass is 16.5. The summed E-state index contributed by atoms with van der Waals surface area (Å²) in [6, 6.07) is 17.6. The van der Waals surface area contributed by atoms with Crippen LogP contribution < -0.4 is 19.7 Å². The highest BCUT2D eigenvalue weighted by Gasteiger charge is 2.18. The topological polar surface area (TPSA) is 66.9 Å². The monoisotopic (exact) mass is 446 g/mol. The first-order chi connectivity index (χ1) is 16.0. The van der Waals surface area contributed by atoms with Crippen LogP contribution in [0.1, 0.15) is 21.5 Å². The molecule has 2 heterocycles. The molecule has 1 aliphatic heterocycles. The first-order valence-corrected chi connectivity index (χ1v) is 11.1. The maximum Gasteiger partial charge on any atom is 0.255 e. The van der Waals surface area contributed by atoms with Crippen LogP contribution in [0.4, 0.5) is 11.5 Å². The third-order valence-corrected chi connectivity index (χ3v) is 5.80. The Morgan fingerprint density at radius 2 is 1.70 bits per heavy atom. The van der Waals surface area contributed by atoms with Gasteiger partial charge >= 0.3 is 0 Å². The van der Waals surface area contributed by atoms with Gasteiger partial charge in [-0.1, -0.05) is 29.8 Å². The average molecular weight is 447 g/mol. The zero-order valence-electron chi connectivity index (χ0n) is 19.4. The standard InChI is InChI=1S/C26H30N4O3/c1-19-5-4-6-20(13-19)18-29-9-11-30(12-10-29)25-8-7-22(17-27-25)28-26(31)21-14-23(32-2)16-24(15-21)33-3/h4-8,13-17H,9-12,18H2,1-3H3,(H,28,31). The van der Waals surface area contributed by atoms with E-state index in [2.05, 4.69) is 51.3 Å². The molecule has 4 rings (SSSR count). The molecule has 0 aliphatic carbocycles.